The Labute approximate surface area is 106 Å². The first kappa shape index (κ1) is 11.3. The van der Waals surface area contributed by atoms with Crippen LogP contribution in [0, 0.1) is 0 Å². The highest BCUT2D eigenvalue weighted by atomic mass is 79.9. The molecule has 0 saturated carbocycles. The summed E-state index contributed by atoms with van der Waals surface area (Å²) in [5.74, 6) is 0.827. The first-order chi connectivity index (χ1) is 7.70. The Morgan fingerprint density at radius 1 is 1.38 bits per heavy atom. The molecule has 0 spiro atoms. The molecule has 0 aliphatic carbocycles. The molecule has 4 nitrogen and oxygen atoms in total. The van der Waals surface area contributed by atoms with Crippen molar-refractivity contribution in [1.82, 2.24) is 10.2 Å². The molecule has 0 unspecified atom stereocenters. The van der Waals surface area contributed by atoms with Gasteiger partial charge in [0.2, 0.25) is 5.13 Å². The van der Waals surface area contributed by atoms with Crippen LogP contribution >= 0.6 is 27.3 Å². The molecule has 1 aromatic heterocycles. The minimum Gasteiger partial charge on any atom is -0.497 e. The fraction of sp³-hybridized carbons (Fsp3) is 0.200. The van der Waals surface area contributed by atoms with Crippen molar-refractivity contribution in [2.24, 2.45) is 0 Å². The van der Waals surface area contributed by atoms with E-state index in [9.17, 15) is 0 Å². The predicted octanol–water partition coefficient (Wildman–Crippen LogP) is 3.08. The van der Waals surface area contributed by atoms with E-state index in [4.69, 9.17) is 4.74 Å². The molecule has 84 valence electrons. The highest BCUT2D eigenvalue weighted by molar-refractivity contribution is 9.11. The van der Waals surface area contributed by atoms with E-state index in [1.807, 2.05) is 36.2 Å². The summed E-state index contributed by atoms with van der Waals surface area (Å²) in [4.78, 5) is 1.96. The van der Waals surface area contributed by atoms with Crippen LogP contribution in [0.25, 0.3) is 0 Å². The van der Waals surface area contributed by atoms with Gasteiger partial charge in [-0.15, -0.1) is 10.2 Å². The van der Waals surface area contributed by atoms with Crippen LogP contribution in [0.15, 0.2) is 28.2 Å². The van der Waals surface area contributed by atoms with Gasteiger partial charge in [-0.05, 0) is 28.1 Å². The van der Waals surface area contributed by atoms with Crippen LogP contribution in [-0.4, -0.2) is 24.4 Å². The Balaban J connectivity index is 2.29. The fourth-order valence-electron chi connectivity index (χ4n) is 1.26. The Morgan fingerprint density at radius 3 is 2.81 bits per heavy atom. The number of aromatic nitrogens is 2. The second kappa shape index (κ2) is 4.80. The first-order valence-corrected chi connectivity index (χ1v) is 6.18. The molecule has 2 rings (SSSR count). The number of anilines is 2. The van der Waals surface area contributed by atoms with Crippen molar-refractivity contribution < 1.29 is 4.74 Å². The van der Waals surface area contributed by atoms with Crippen molar-refractivity contribution in [3.63, 3.8) is 0 Å². The molecule has 0 bridgehead atoms. The summed E-state index contributed by atoms with van der Waals surface area (Å²) >= 11 is 4.78. The summed E-state index contributed by atoms with van der Waals surface area (Å²) in [5, 5.41) is 8.81. The van der Waals surface area contributed by atoms with Crippen LogP contribution in [-0.2, 0) is 0 Å². The number of benzene rings is 1. The summed E-state index contributed by atoms with van der Waals surface area (Å²) in [6.07, 6.45) is 0. The molecule has 6 heteroatoms. The minimum absolute atomic E-state index is 0.775. The monoisotopic (exact) mass is 299 g/mol. The number of ether oxygens (including phenoxy) is 1. The summed E-state index contributed by atoms with van der Waals surface area (Å²) in [6.45, 7) is 0. The molecule has 0 saturated heterocycles. The maximum atomic E-state index is 5.18. The summed E-state index contributed by atoms with van der Waals surface area (Å²) in [6, 6.07) is 7.81. The lowest BCUT2D eigenvalue weighted by Gasteiger charge is -2.15. The van der Waals surface area contributed by atoms with E-state index >= 15 is 0 Å². The topological polar surface area (TPSA) is 38.2 Å². The standard InChI is InChI=1S/C10H10BrN3OS/c1-14(10-13-12-9(11)16-10)7-4-3-5-8(6-7)15-2/h3-6H,1-2H3. The van der Waals surface area contributed by atoms with Gasteiger partial charge in [-0.3, -0.25) is 0 Å². The van der Waals surface area contributed by atoms with E-state index in [0.717, 1.165) is 20.5 Å². The molecule has 0 atom stereocenters. The van der Waals surface area contributed by atoms with Crippen LogP contribution in [0.5, 0.6) is 5.75 Å². The van der Waals surface area contributed by atoms with Crippen LogP contribution in [0.2, 0.25) is 0 Å². The summed E-state index contributed by atoms with van der Waals surface area (Å²) in [5.41, 5.74) is 1.02. The number of hydrogen-bond acceptors (Lipinski definition) is 5. The van der Waals surface area contributed by atoms with Crippen LogP contribution in [0.4, 0.5) is 10.8 Å². The zero-order valence-corrected chi connectivity index (χ0v) is 11.2. The Morgan fingerprint density at radius 2 is 2.19 bits per heavy atom. The largest absolute Gasteiger partial charge is 0.497 e. The third-order valence-electron chi connectivity index (χ3n) is 2.12. The summed E-state index contributed by atoms with van der Waals surface area (Å²) < 4.78 is 5.95. The molecule has 0 radical (unpaired) electrons. The second-order valence-corrected chi connectivity index (χ2v) is 5.33. The van der Waals surface area contributed by atoms with E-state index in [2.05, 4.69) is 26.1 Å². The van der Waals surface area contributed by atoms with Gasteiger partial charge in [-0.1, -0.05) is 17.4 Å². The number of rotatable bonds is 3. The van der Waals surface area contributed by atoms with Gasteiger partial charge in [0, 0.05) is 18.8 Å². The van der Waals surface area contributed by atoms with E-state index in [1.54, 1.807) is 7.11 Å². The van der Waals surface area contributed by atoms with Crippen LogP contribution in [0.3, 0.4) is 0 Å². The zero-order valence-electron chi connectivity index (χ0n) is 8.85. The average Bonchev–Trinajstić information content (AvgIpc) is 2.75. The number of hydrogen-bond donors (Lipinski definition) is 0. The van der Waals surface area contributed by atoms with Gasteiger partial charge in [0.1, 0.15) is 5.75 Å². The predicted molar refractivity (Wildman–Crippen MR) is 68.7 cm³/mol. The maximum Gasteiger partial charge on any atom is 0.213 e. The van der Waals surface area contributed by atoms with Crippen molar-refractivity contribution in [3.8, 4) is 5.75 Å². The molecule has 0 aliphatic heterocycles. The molecule has 16 heavy (non-hydrogen) atoms. The SMILES string of the molecule is COc1cccc(N(C)c2nnc(Br)s2)c1. The van der Waals surface area contributed by atoms with E-state index in [0.29, 0.717) is 0 Å². The van der Waals surface area contributed by atoms with Gasteiger partial charge in [0.25, 0.3) is 0 Å². The average molecular weight is 300 g/mol. The molecule has 2 aromatic rings. The van der Waals surface area contributed by atoms with Crippen molar-refractivity contribution in [2.75, 3.05) is 19.1 Å². The highest BCUT2D eigenvalue weighted by Crippen LogP contribution is 2.30. The van der Waals surface area contributed by atoms with Crippen molar-refractivity contribution in [3.05, 3.63) is 28.2 Å². The highest BCUT2D eigenvalue weighted by Gasteiger charge is 2.09. The van der Waals surface area contributed by atoms with Gasteiger partial charge in [0.15, 0.2) is 3.92 Å². The van der Waals surface area contributed by atoms with E-state index < -0.39 is 0 Å². The normalized spacial score (nSPS) is 10.2. The number of halogens is 1. The van der Waals surface area contributed by atoms with Crippen molar-refractivity contribution >= 4 is 38.1 Å². The van der Waals surface area contributed by atoms with Gasteiger partial charge >= 0.3 is 0 Å². The van der Waals surface area contributed by atoms with Crippen molar-refractivity contribution in [2.45, 2.75) is 0 Å². The molecule has 0 aliphatic rings. The van der Waals surface area contributed by atoms with E-state index in [-0.39, 0.29) is 0 Å². The Bertz CT molecular complexity index is 488. The lowest BCUT2D eigenvalue weighted by molar-refractivity contribution is 0.415. The van der Waals surface area contributed by atoms with Crippen molar-refractivity contribution in [1.29, 1.82) is 0 Å². The Kier molecular flexibility index (Phi) is 3.40. The lowest BCUT2D eigenvalue weighted by Crippen LogP contribution is -2.08. The molecule has 1 heterocycles. The van der Waals surface area contributed by atoms with Crippen LogP contribution in [0.1, 0.15) is 0 Å². The maximum absolute atomic E-state index is 5.18. The zero-order chi connectivity index (χ0) is 11.5. The number of methoxy groups -OCH3 is 1. The minimum atomic E-state index is 0.775. The summed E-state index contributed by atoms with van der Waals surface area (Å²) in [7, 11) is 3.60. The second-order valence-electron chi connectivity index (χ2n) is 3.10. The molecular formula is C10H10BrN3OS. The first-order valence-electron chi connectivity index (χ1n) is 4.57. The Hall–Kier alpha value is -1.14. The number of nitrogens with zero attached hydrogens (tertiary/aromatic N) is 3. The molecule has 0 amide bonds. The third-order valence-corrected chi connectivity index (χ3v) is 3.55. The lowest BCUT2D eigenvalue weighted by atomic mass is 10.3. The molecule has 0 fully saturated rings. The molecular weight excluding hydrogens is 290 g/mol. The molecule has 1 aromatic carbocycles. The quantitative estimate of drug-likeness (QED) is 0.873. The third kappa shape index (κ3) is 2.33. The molecule has 0 N–H and O–H groups in total. The van der Waals surface area contributed by atoms with Gasteiger partial charge in [-0.25, -0.2) is 0 Å². The van der Waals surface area contributed by atoms with E-state index in [1.165, 1.54) is 11.3 Å². The smallest absolute Gasteiger partial charge is 0.213 e. The van der Waals surface area contributed by atoms with Crippen LogP contribution < -0.4 is 9.64 Å². The van der Waals surface area contributed by atoms with Gasteiger partial charge < -0.3 is 9.64 Å². The van der Waals surface area contributed by atoms with Gasteiger partial charge in [-0.2, -0.15) is 0 Å². The fourth-order valence-corrected chi connectivity index (χ4v) is 2.33. The van der Waals surface area contributed by atoms with Gasteiger partial charge in [0.05, 0.1) is 7.11 Å².